The van der Waals surface area contributed by atoms with Gasteiger partial charge in [0.25, 0.3) is 0 Å². The number of nitriles is 1. The second kappa shape index (κ2) is 14.2. The van der Waals surface area contributed by atoms with Crippen LogP contribution in [0.3, 0.4) is 0 Å². The first-order valence-electron chi connectivity index (χ1n) is 16.5. The predicted octanol–water partition coefficient (Wildman–Crippen LogP) is 5.41. The lowest BCUT2D eigenvalue weighted by Crippen LogP contribution is -2.38. The van der Waals surface area contributed by atoms with E-state index in [-0.39, 0.29) is 41.1 Å². The summed E-state index contributed by atoms with van der Waals surface area (Å²) in [5.74, 6) is 1.88. The Morgan fingerprint density at radius 3 is 2.57 bits per heavy atom. The molecule has 2 atom stereocenters. The number of ether oxygens (including phenoxy) is 2. The molecular weight excluding hydrogens is 663 g/mol. The standard InChI is InChI=1S/C37H32F3N7O4/c1-2-46-21-42-17-24(46)18-47-32-15-23(26-4-5-27(26)37(48)49)14-30(40)36(32)44-34(47)19-45-11-9-25(10-12-45)51-35-8-6-28(38)31(43-35)20-50-33-7-3-22(16-41)13-29(33)39/h3,6-8,13-15,17,21,25-27H,2,9-12,18-20H2,1H3,(H,48,49). The van der Waals surface area contributed by atoms with E-state index in [1.165, 1.54) is 30.3 Å². The maximum Gasteiger partial charge on any atom is 0.320 e. The van der Waals surface area contributed by atoms with Crippen LogP contribution in [0.4, 0.5) is 13.2 Å². The molecule has 1 N–H and O–H groups in total. The van der Waals surface area contributed by atoms with Gasteiger partial charge in [-0.2, -0.15) is 5.26 Å². The van der Waals surface area contributed by atoms with Gasteiger partial charge in [-0.25, -0.2) is 28.1 Å². The molecule has 2 unspecified atom stereocenters. The molecule has 1 aliphatic heterocycles. The number of pyridine rings is 1. The normalized spacial score (nSPS) is 17.4. The molecule has 51 heavy (non-hydrogen) atoms. The number of carboxylic acid groups (broad SMARTS) is 1. The summed E-state index contributed by atoms with van der Waals surface area (Å²) in [6, 6.07) is 11.4. The van der Waals surface area contributed by atoms with Crippen molar-refractivity contribution in [1.29, 1.82) is 5.26 Å². The Labute approximate surface area is 290 Å². The fourth-order valence-corrected chi connectivity index (χ4v) is 6.40. The van der Waals surface area contributed by atoms with Crippen LogP contribution in [-0.4, -0.2) is 59.3 Å². The molecule has 5 aromatic rings. The third kappa shape index (κ3) is 6.96. The summed E-state index contributed by atoms with van der Waals surface area (Å²) >= 11 is 0. The molecule has 0 amide bonds. The largest absolute Gasteiger partial charge is 0.484 e. The van der Waals surface area contributed by atoms with Crippen LogP contribution >= 0.6 is 0 Å². The molecular formula is C37H32F3N7O4. The first-order chi connectivity index (χ1) is 24.7. The van der Waals surface area contributed by atoms with Crippen LogP contribution < -0.4 is 9.47 Å². The molecule has 0 radical (unpaired) electrons. The molecule has 1 aliphatic carbocycles. The maximum absolute atomic E-state index is 15.6. The van der Waals surface area contributed by atoms with E-state index >= 15 is 4.39 Å². The number of halogens is 3. The van der Waals surface area contributed by atoms with E-state index in [0.717, 1.165) is 11.8 Å². The van der Waals surface area contributed by atoms with Crippen LogP contribution in [0.1, 0.15) is 54.0 Å². The van der Waals surface area contributed by atoms with Crippen LogP contribution in [0.2, 0.25) is 0 Å². The topological polar surface area (TPSA) is 131 Å². The second-order valence-electron chi connectivity index (χ2n) is 12.5. The number of imidazole rings is 2. The highest BCUT2D eigenvalue weighted by molar-refractivity contribution is 5.81. The van der Waals surface area contributed by atoms with E-state index in [1.54, 1.807) is 18.6 Å². The molecule has 0 bridgehead atoms. The van der Waals surface area contributed by atoms with Gasteiger partial charge in [-0.15, -0.1) is 0 Å². The zero-order valence-electron chi connectivity index (χ0n) is 27.5. The van der Waals surface area contributed by atoms with Gasteiger partial charge < -0.3 is 23.7 Å². The monoisotopic (exact) mass is 695 g/mol. The number of hydrogen-bond acceptors (Lipinski definition) is 8. The average molecular weight is 696 g/mol. The summed E-state index contributed by atoms with van der Waals surface area (Å²) in [4.78, 5) is 27.2. The molecule has 4 heterocycles. The van der Waals surface area contributed by atoms with Crippen molar-refractivity contribution in [2.75, 3.05) is 13.1 Å². The zero-order chi connectivity index (χ0) is 35.6. The van der Waals surface area contributed by atoms with E-state index in [4.69, 9.17) is 19.7 Å². The quantitative estimate of drug-likeness (QED) is 0.170. The molecule has 14 heteroatoms. The van der Waals surface area contributed by atoms with E-state index in [9.17, 15) is 18.7 Å². The molecule has 11 nitrogen and oxygen atoms in total. The fraction of sp³-hybridized carbons (Fsp3) is 0.324. The molecule has 7 rings (SSSR count). The van der Waals surface area contributed by atoms with E-state index < -0.39 is 35.3 Å². The van der Waals surface area contributed by atoms with Gasteiger partial charge >= 0.3 is 5.97 Å². The van der Waals surface area contributed by atoms with Crippen LogP contribution in [0.25, 0.3) is 11.0 Å². The highest BCUT2D eigenvalue weighted by atomic mass is 19.1. The first-order valence-corrected chi connectivity index (χ1v) is 16.5. The third-order valence-electron chi connectivity index (χ3n) is 9.23. The predicted molar refractivity (Wildman–Crippen MR) is 177 cm³/mol. The number of piperidine rings is 1. The Kier molecular flexibility index (Phi) is 9.34. The second-order valence-corrected chi connectivity index (χ2v) is 12.5. The highest BCUT2D eigenvalue weighted by Gasteiger charge is 2.33. The molecule has 2 aromatic carbocycles. The number of rotatable bonds is 12. The fourth-order valence-electron chi connectivity index (χ4n) is 6.40. The summed E-state index contributed by atoms with van der Waals surface area (Å²) in [5.41, 5.74) is 2.29. The Hall–Kier alpha value is -5.86. The van der Waals surface area contributed by atoms with Crippen molar-refractivity contribution in [2.45, 2.75) is 58.0 Å². The number of likely N-dealkylation sites (tertiary alicyclic amines) is 1. The number of aryl methyl sites for hydroxylation is 1. The van der Waals surface area contributed by atoms with Crippen LogP contribution in [0.5, 0.6) is 11.6 Å². The SMILES string of the molecule is CCn1cncc1Cn1c(CN2CCC(Oc3ccc(F)c(COc4ccc(C#N)cc4F)n3)CC2)nc2c(F)cc(C3C#CC3C(=O)O)cc21. The molecule has 2 aliphatic rings. The molecule has 0 saturated carbocycles. The minimum atomic E-state index is -1.03. The Morgan fingerprint density at radius 2 is 1.86 bits per heavy atom. The van der Waals surface area contributed by atoms with Crippen molar-refractivity contribution in [3.63, 3.8) is 0 Å². The van der Waals surface area contributed by atoms with Crippen molar-refractivity contribution in [2.24, 2.45) is 5.92 Å². The maximum atomic E-state index is 15.6. The Morgan fingerprint density at radius 1 is 1.04 bits per heavy atom. The number of aromatic nitrogens is 5. The molecule has 1 saturated heterocycles. The smallest absolute Gasteiger partial charge is 0.320 e. The van der Waals surface area contributed by atoms with Crippen LogP contribution in [0.15, 0.2) is 55.0 Å². The van der Waals surface area contributed by atoms with Crippen LogP contribution in [0, 0.1) is 46.5 Å². The lowest BCUT2D eigenvalue weighted by Gasteiger charge is -2.31. The van der Waals surface area contributed by atoms with E-state index in [0.29, 0.717) is 62.5 Å². The summed E-state index contributed by atoms with van der Waals surface area (Å²) in [6.07, 6.45) is 4.59. The number of carbonyl (C=O) groups is 1. The highest BCUT2D eigenvalue weighted by Crippen LogP contribution is 2.34. The molecule has 1 fully saturated rings. The lowest BCUT2D eigenvalue weighted by molar-refractivity contribution is -0.140. The van der Waals surface area contributed by atoms with Crippen molar-refractivity contribution < 1.29 is 32.5 Å². The number of aliphatic carboxylic acids is 1. The summed E-state index contributed by atoms with van der Waals surface area (Å²) in [5, 5.41) is 18.5. The summed E-state index contributed by atoms with van der Waals surface area (Å²) < 4.78 is 59.9. The van der Waals surface area contributed by atoms with Gasteiger partial charge in [0.05, 0.1) is 48.2 Å². The lowest BCUT2D eigenvalue weighted by atomic mass is 9.80. The van der Waals surface area contributed by atoms with Crippen molar-refractivity contribution in [1.82, 2.24) is 29.0 Å². The van der Waals surface area contributed by atoms with Crippen molar-refractivity contribution in [3.8, 4) is 29.5 Å². The number of nitrogens with zero attached hydrogens (tertiary/aromatic N) is 7. The number of fused-ring (bicyclic) bond motifs is 1. The average Bonchev–Trinajstić information content (AvgIpc) is 3.70. The number of benzene rings is 2. The molecule has 0 spiro atoms. The van der Waals surface area contributed by atoms with Gasteiger partial charge in [0.2, 0.25) is 5.88 Å². The van der Waals surface area contributed by atoms with Gasteiger partial charge in [0.1, 0.15) is 41.5 Å². The van der Waals surface area contributed by atoms with Crippen molar-refractivity contribution in [3.05, 3.63) is 101 Å². The first kappa shape index (κ1) is 33.6. The van der Waals surface area contributed by atoms with Crippen molar-refractivity contribution >= 4 is 17.0 Å². The molecule has 260 valence electrons. The van der Waals surface area contributed by atoms with Gasteiger partial charge in [0, 0.05) is 31.9 Å². The molecule has 3 aromatic heterocycles. The van der Waals surface area contributed by atoms with Gasteiger partial charge in [-0.05, 0) is 61.7 Å². The van der Waals surface area contributed by atoms with Crippen LogP contribution in [-0.2, 0) is 31.0 Å². The summed E-state index contributed by atoms with van der Waals surface area (Å²) in [6.45, 7) is 4.48. The zero-order valence-corrected chi connectivity index (χ0v) is 27.5. The minimum absolute atomic E-state index is 0.0461. The minimum Gasteiger partial charge on any atom is -0.484 e. The number of carboxylic acids is 1. The Bertz CT molecular complexity index is 2230. The summed E-state index contributed by atoms with van der Waals surface area (Å²) in [7, 11) is 0. The van der Waals surface area contributed by atoms with E-state index in [1.807, 2.05) is 22.1 Å². The van der Waals surface area contributed by atoms with E-state index in [2.05, 4.69) is 26.7 Å². The van der Waals surface area contributed by atoms with Gasteiger partial charge in [0.15, 0.2) is 17.4 Å². The van der Waals surface area contributed by atoms with Gasteiger partial charge in [-0.1, -0.05) is 11.8 Å². The number of hydrogen-bond donors (Lipinski definition) is 1. The Balaban J connectivity index is 1.04. The van der Waals surface area contributed by atoms with Gasteiger partial charge in [-0.3, -0.25) is 9.69 Å². The third-order valence-corrected chi connectivity index (χ3v) is 9.23.